The molecule has 0 aliphatic heterocycles. The second-order valence-corrected chi connectivity index (χ2v) is 3.23. The van der Waals surface area contributed by atoms with Crippen LogP contribution in [0, 0.1) is 6.92 Å². The first-order chi connectivity index (χ1) is 7.29. The molecule has 74 valence electrons. The minimum absolute atomic E-state index is 0.671. The molecule has 0 amide bonds. The Morgan fingerprint density at radius 3 is 2.47 bits per heavy atom. The molecule has 2 rings (SSSR count). The molecule has 3 heteroatoms. The second kappa shape index (κ2) is 4.00. The molecule has 0 N–H and O–H groups in total. The maximum Gasteiger partial charge on any atom is 0.150 e. The van der Waals surface area contributed by atoms with Crippen LogP contribution in [0.1, 0.15) is 16.2 Å². The van der Waals surface area contributed by atoms with Gasteiger partial charge in [0, 0.05) is 17.3 Å². The van der Waals surface area contributed by atoms with E-state index in [-0.39, 0.29) is 0 Å². The lowest BCUT2D eigenvalue weighted by molar-refractivity contribution is 0.112. The van der Waals surface area contributed by atoms with E-state index in [9.17, 15) is 4.79 Å². The van der Waals surface area contributed by atoms with Gasteiger partial charge in [0.2, 0.25) is 0 Å². The van der Waals surface area contributed by atoms with Crippen LogP contribution in [-0.4, -0.2) is 16.3 Å². The van der Waals surface area contributed by atoms with Gasteiger partial charge in [-0.1, -0.05) is 24.3 Å². The van der Waals surface area contributed by atoms with Crippen molar-refractivity contribution in [2.24, 2.45) is 0 Å². The van der Waals surface area contributed by atoms with E-state index >= 15 is 0 Å². The normalized spacial score (nSPS) is 9.93. The number of benzene rings is 1. The smallest absolute Gasteiger partial charge is 0.150 e. The predicted octanol–water partition coefficient (Wildman–Crippen LogP) is 2.26. The van der Waals surface area contributed by atoms with Gasteiger partial charge in [-0.2, -0.15) is 0 Å². The van der Waals surface area contributed by atoms with Crippen molar-refractivity contribution in [3.8, 4) is 11.3 Å². The molecule has 0 spiro atoms. The van der Waals surface area contributed by atoms with E-state index in [0.717, 1.165) is 23.4 Å². The zero-order chi connectivity index (χ0) is 10.7. The van der Waals surface area contributed by atoms with E-state index in [2.05, 4.69) is 9.97 Å². The van der Waals surface area contributed by atoms with Crippen molar-refractivity contribution < 1.29 is 4.79 Å². The molecular weight excluding hydrogens is 188 g/mol. The Labute approximate surface area is 87.8 Å². The summed E-state index contributed by atoms with van der Waals surface area (Å²) in [7, 11) is 0. The Balaban J connectivity index is 2.41. The summed E-state index contributed by atoms with van der Waals surface area (Å²) in [6, 6.07) is 9.17. The van der Waals surface area contributed by atoms with Crippen molar-refractivity contribution in [1.29, 1.82) is 0 Å². The van der Waals surface area contributed by atoms with E-state index in [0.29, 0.717) is 5.56 Å². The first kappa shape index (κ1) is 9.52. The molecular formula is C12H10N2O. The monoisotopic (exact) mass is 198 g/mol. The van der Waals surface area contributed by atoms with Crippen molar-refractivity contribution in [1.82, 2.24) is 9.97 Å². The Kier molecular flexibility index (Phi) is 2.54. The molecule has 15 heavy (non-hydrogen) atoms. The summed E-state index contributed by atoms with van der Waals surface area (Å²) in [5.74, 6) is 0.743. The molecule has 3 nitrogen and oxygen atoms in total. The van der Waals surface area contributed by atoms with Gasteiger partial charge in [0.25, 0.3) is 0 Å². The van der Waals surface area contributed by atoms with E-state index in [1.165, 1.54) is 0 Å². The van der Waals surface area contributed by atoms with Gasteiger partial charge in [-0.25, -0.2) is 9.97 Å². The summed E-state index contributed by atoms with van der Waals surface area (Å²) in [5.41, 5.74) is 2.54. The van der Waals surface area contributed by atoms with Crippen molar-refractivity contribution in [2.45, 2.75) is 6.92 Å². The molecule has 0 atom stereocenters. The SMILES string of the molecule is Cc1nccc(-c2ccc(C=O)cc2)n1. The van der Waals surface area contributed by atoms with Crippen LogP contribution in [0.3, 0.4) is 0 Å². The zero-order valence-electron chi connectivity index (χ0n) is 8.34. The van der Waals surface area contributed by atoms with Crippen LogP contribution in [0.25, 0.3) is 11.3 Å². The van der Waals surface area contributed by atoms with Crippen molar-refractivity contribution >= 4 is 6.29 Å². The molecule has 0 fully saturated rings. The molecule has 1 aromatic carbocycles. The molecule has 2 aromatic rings. The number of carbonyl (C=O) groups is 1. The summed E-state index contributed by atoms with van der Waals surface area (Å²) < 4.78 is 0. The van der Waals surface area contributed by atoms with E-state index in [1.807, 2.05) is 25.1 Å². The second-order valence-electron chi connectivity index (χ2n) is 3.23. The van der Waals surface area contributed by atoms with Crippen molar-refractivity contribution in [3.63, 3.8) is 0 Å². The van der Waals surface area contributed by atoms with Crippen LogP contribution in [0.5, 0.6) is 0 Å². The summed E-state index contributed by atoms with van der Waals surface area (Å²) in [4.78, 5) is 18.8. The molecule has 0 saturated heterocycles. The first-order valence-corrected chi connectivity index (χ1v) is 4.65. The minimum atomic E-state index is 0.671. The van der Waals surface area contributed by atoms with Crippen LogP contribution < -0.4 is 0 Å². The van der Waals surface area contributed by atoms with Gasteiger partial charge in [-0.3, -0.25) is 4.79 Å². The lowest BCUT2D eigenvalue weighted by Gasteiger charge is -2.01. The zero-order valence-corrected chi connectivity index (χ0v) is 8.34. The van der Waals surface area contributed by atoms with E-state index in [4.69, 9.17) is 0 Å². The van der Waals surface area contributed by atoms with E-state index in [1.54, 1.807) is 18.3 Å². The molecule has 0 unspecified atom stereocenters. The lowest BCUT2D eigenvalue weighted by Crippen LogP contribution is -1.89. The highest BCUT2D eigenvalue weighted by Gasteiger charge is 1.99. The number of rotatable bonds is 2. The highest BCUT2D eigenvalue weighted by Crippen LogP contribution is 2.16. The topological polar surface area (TPSA) is 42.9 Å². The number of aromatic nitrogens is 2. The third kappa shape index (κ3) is 2.07. The standard InChI is InChI=1S/C12H10N2O/c1-9-13-7-6-12(14-9)11-4-2-10(8-15)3-5-11/h2-8H,1H3. The van der Waals surface area contributed by atoms with Crippen LogP contribution in [-0.2, 0) is 0 Å². The number of nitrogens with zero attached hydrogens (tertiary/aromatic N) is 2. The molecule has 1 aromatic heterocycles. The molecule has 0 saturated carbocycles. The third-order valence-corrected chi connectivity index (χ3v) is 2.12. The van der Waals surface area contributed by atoms with Crippen LogP contribution >= 0.6 is 0 Å². The molecule has 0 radical (unpaired) electrons. The molecule has 1 heterocycles. The van der Waals surface area contributed by atoms with Crippen LogP contribution in [0.4, 0.5) is 0 Å². The Morgan fingerprint density at radius 2 is 1.87 bits per heavy atom. The van der Waals surface area contributed by atoms with Gasteiger partial charge in [0.05, 0.1) is 5.69 Å². The number of carbonyl (C=O) groups excluding carboxylic acids is 1. The third-order valence-electron chi connectivity index (χ3n) is 2.12. The minimum Gasteiger partial charge on any atom is -0.298 e. The number of aryl methyl sites for hydroxylation is 1. The van der Waals surface area contributed by atoms with Crippen LogP contribution in [0.2, 0.25) is 0 Å². The highest BCUT2D eigenvalue weighted by molar-refractivity contribution is 5.76. The Morgan fingerprint density at radius 1 is 1.13 bits per heavy atom. The van der Waals surface area contributed by atoms with Gasteiger partial charge in [-0.15, -0.1) is 0 Å². The van der Waals surface area contributed by atoms with Gasteiger partial charge in [-0.05, 0) is 13.0 Å². The Bertz CT molecular complexity index is 477. The van der Waals surface area contributed by atoms with Gasteiger partial charge < -0.3 is 0 Å². The van der Waals surface area contributed by atoms with Crippen molar-refractivity contribution in [3.05, 3.63) is 47.9 Å². The molecule has 0 aliphatic rings. The maximum atomic E-state index is 10.5. The van der Waals surface area contributed by atoms with Crippen molar-refractivity contribution in [2.75, 3.05) is 0 Å². The van der Waals surface area contributed by atoms with Gasteiger partial charge in [0.1, 0.15) is 12.1 Å². The molecule has 0 bridgehead atoms. The summed E-state index contributed by atoms with van der Waals surface area (Å²) in [5, 5.41) is 0. The summed E-state index contributed by atoms with van der Waals surface area (Å²) in [6.45, 7) is 1.85. The fourth-order valence-corrected chi connectivity index (χ4v) is 1.35. The van der Waals surface area contributed by atoms with Gasteiger partial charge >= 0.3 is 0 Å². The van der Waals surface area contributed by atoms with E-state index < -0.39 is 0 Å². The van der Waals surface area contributed by atoms with Gasteiger partial charge in [0.15, 0.2) is 0 Å². The average Bonchev–Trinajstić information content (AvgIpc) is 2.29. The number of hydrogen-bond donors (Lipinski definition) is 0. The first-order valence-electron chi connectivity index (χ1n) is 4.65. The quantitative estimate of drug-likeness (QED) is 0.695. The Hall–Kier alpha value is -2.03. The fourth-order valence-electron chi connectivity index (χ4n) is 1.35. The van der Waals surface area contributed by atoms with Crippen LogP contribution in [0.15, 0.2) is 36.5 Å². The average molecular weight is 198 g/mol. The summed E-state index contributed by atoms with van der Waals surface area (Å²) in [6.07, 6.45) is 2.56. The summed E-state index contributed by atoms with van der Waals surface area (Å²) >= 11 is 0. The number of aldehydes is 1. The number of hydrogen-bond acceptors (Lipinski definition) is 3. The maximum absolute atomic E-state index is 10.5. The lowest BCUT2D eigenvalue weighted by atomic mass is 10.1. The predicted molar refractivity (Wildman–Crippen MR) is 57.6 cm³/mol. The fraction of sp³-hybridized carbons (Fsp3) is 0.0833. The largest absolute Gasteiger partial charge is 0.298 e. The highest BCUT2D eigenvalue weighted by atomic mass is 16.1. The molecule has 0 aliphatic carbocycles.